The van der Waals surface area contributed by atoms with Gasteiger partial charge in [0.2, 0.25) is 0 Å². The van der Waals surface area contributed by atoms with E-state index in [0.717, 1.165) is 41.0 Å². The molecule has 6 rings (SSSR count). The summed E-state index contributed by atoms with van der Waals surface area (Å²) in [7, 11) is 1.64. The van der Waals surface area contributed by atoms with Crippen LogP contribution in [0.4, 0.5) is 10.7 Å². The summed E-state index contributed by atoms with van der Waals surface area (Å²) >= 11 is 7.69. The third kappa shape index (κ3) is 6.92. The number of amides is 1. The van der Waals surface area contributed by atoms with Crippen LogP contribution in [0.5, 0.6) is 11.5 Å². The van der Waals surface area contributed by atoms with Crippen molar-refractivity contribution in [2.75, 3.05) is 12.4 Å². The molecule has 1 aliphatic carbocycles. The molecular weight excluding hydrogens is 600 g/mol. The van der Waals surface area contributed by atoms with E-state index >= 15 is 0 Å². The Hall–Kier alpha value is -4.13. The van der Waals surface area contributed by atoms with Crippen LogP contribution in [0.25, 0.3) is 10.8 Å². The molecule has 7 heteroatoms. The van der Waals surface area contributed by atoms with Crippen LogP contribution in [0.15, 0.2) is 89.9 Å². The van der Waals surface area contributed by atoms with Gasteiger partial charge in [0.05, 0.1) is 12.7 Å². The van der Waals surface area contributed by atoms with Crippen LogP contribution in [0.2, 0.25) is 5.02 Å². The van der Waals surface area contributed by atoms with Gasteiger partial charge in [-0.25, -0.2) is 4.99 Å². The highest BCUT2D eigenvalue weighted by Gasteiger charge is 2.33. The lowest BCUT2D eigenvalue weighted by molar-refractivity contribution is 0.102. The van der Waals surface area contributed by atoms with Crippen LogP contribution in [0.3, 0.4) is 0 Å². The molecule has 0 saturated carbocycles. The van der Waals surface area contributed by atoms with E-state index in [1.165, 1.54) is 15.6 Å². The summed E-state index contributed by atoms with van der Waals surface area (Å²) in [5, 5.41) is 6.76. The third-order valence-corrected chi connectivity index (χ3v) is 10.00. The molecule has 45 heavy (non-hydrogen) atoms. The first kappa shape index (κ1) is 30.9. The number of hydrogen-bond donors (Lipinski definition) is 1. The summed E-state index contributed by atoms with van der Waals surface area (Å²) in [5.74, 6) is 1.69. The fraction of sp³-hybridized carbons (Fsp3) is 0.263. The average molecular weight is 637 g/mol. The minimum absolute atomic E-state index is 0.147. The number of nitrogens with one attached hydrogen (secondary N) is 1. The molecule has 0 spiro atoms. The van der Waals surface area contributed by atoms with E-state index in [9.17, 15) is 4.79 Å². The van der Waals surface area contributed by atoms with Gasteiger partial charge in [-0.2, -0.15) is 0 Å². The number of carbonyl (C=O) groups is 1. The van der Waals surface area contributed by atoms with Gasteiger partial charge in [0.1, 0.15) is 11.6 Å². The molecule has 1 aliphatic rings. The molecule has 0 saturated heterocycles. The average Bonchev–Trinajstić information content (AvgIpc) is 3.41. The molecule has 4 aromatic carbocycles. The largest absolute Gasteiger partial charge is 0.493 e. The number of anilines is 1. The number of benzene rings is 4. The molecule has 1 aromatic heterocycles. The number of halogens is 1. The maximum atomic E-state index is 13.7. The second-order valence-corrected chi connectivity index (χ2v) is 14.1. The molecule has 0 aliphatic heterocycles. The molecule has 0 unspecified atom stereocenters. The van der Waals surface area contributed by atoms with E-state index < -0.39 is 0 Å². The molecular formula is C38H37ClN2O3S. The zero-order chi connectivity index (χ0) is 31.6. The second-order valence-electron chi connectivity index (χ2n) is 12.5. The van der Waals surface area contributed by atoms with Crippen LogP contribution < -0.4 is 14.8 Å². The van der Waals surface area contributed by atoms with Crippen molar-refractivity contribution in [2.45, 2.75) is 46.6 Å². The fourth-order valence-corrected chi connectivity index (χ4v) is 7.35. The number of methoxy groups -OCH3 is 1. The fourth-order valence-electron chi connectivity index (χ4n) is 5.95. The highest BCUT2D eigenvalue weighted by atomic mass is 35.5. The Kier molecular flexibility index (Phi) is 8.97. The van der Waals surface area contributed by atoms with Crippen LogP contribution in [-0.4, -0.2) is 19.2 Å². The minimum atomic E-state index is -0.147. The SMILES string of the molecule is COc1cc(C=Nc2sc3c(c2C(=O)Nc2ccc(Cl)cc2)CC[C@H](C(C)(C)C)C3)ccc1OCc1cccc2ccccc12. The number of ether oxygens (including phenoxy) is 2. The smallest absolute Gasteiger partial charge is 0.259 e. The number of rotatable bonds is 8. The molecule has 0 fully saturated rings. The van der Waals surface area contributed by atoms with E-state index in [1.54, 1.807) is 36.8 Å². The summed E-state index contributed by atoms with van der Waals surface area (Å²) in [6, 6.07) is 27.5. The van der Waals surface area contributed by atoms with E-state index in [-0.39, 0.29) is 11.3 Å². The molecule has 1 atom stereocenters. The van der Waals surface area contributed by atoms with Crippen molar-refractivity contribution in [1.82, 2.24) is 0 Å². The highest BCUT2D eigenvalue weighted by Crippen LogP contribution is 2.45. The van der Waals surface area contributed by atoms with Gasteiger partial charge in [0.25, 0.3) is 5.91 Å². The first-order valence-corrected chi connectivity index (χ1v) is 16.4. The van der Waals surface area contributed by atoms with Crippen molar-refractivity contribution < 1.29 is 14.3 Å². The molecule has 1 amide bonds. The second kappa shape index (κ2) is 13.1. The zero-order valence-electron chi connectivity index (χ0n) is 26.0. The zero-order valence-corrected chi connectivity index (χ0v) is 27.6. The molecule has 5 nitrogen and oxygen atoms in total. The summed E-state index contributed by atoms with van der Waals surface area (Å²) < 4.78 is 11.9. The lowest BCUT2D eigenvalue weighted by Gasteiger charge is -2.33. The summed E-state index contributed by atoms with van der Waals surface area (Å²) in [5.41, 5.74) is 4.65. The van der Waals surface area contributed by atoms with Crippen molar-refractivity contribution in [2.24, 2.45) is 16.3 Å². The lowest BCUT2D eigenvalue weighted by atomic mass is 9.72. The van der Waals surface area contributed by atoms with Gasteiger partial charge < -0.3 is 14.8 Å². The predicted octanol–water partition coefficient (Wildman–Crippen LogP) is 10.3. The normalized spacial score (nSPS) is 14.8. The van der Waals surface area contributed by atoms with Gasteiger partial charge in [-0.3, -0.25) is 4.79 Å². The third-order valence-electron chi connectivity index (χ3n) is 8.58. The monoisotopic (exact) mass is 636 g/mol. The molecule has 1 N–H and O–H groups in total. The van der Waals surface area contributed by atoms with Gasteiger partial charge in [-0.1, -0.05) is 74.8 Å². The van der Waals surface area contributed by atoms with E-state index in [4.69, 9.17) is 26.1 Å². The minimum Gasteiger partial charge on any atom is -0.493 e. The van der Waals surface area contributed by atoms with Crippen LogP contribution >= 0.6 is 22.9 Å². The maximum absolute atomic E-state index is 13.7. The van der Waals surface area contributed by atoms with Gasteiger partial charge >= 0.3 is 0 Å². The van der Waals surface area contributed by atoms with Gasteiger partial charge in [-0.05, 0) is 101 Å². The molecule has 1 heterocycles. The lowest BCUT2D eigenvalue weighted by Crippen LogP contribution is -2.27. The molecule has 5 aromatic rings. The van der Waals surface area contributed by atoms with E-state index in [2.05, 4.69) is 50.4 Å². The van der Waals surface area contributed by atoms with E-state index in [1.807, 2.05) is 48.5 Å². The number of thiophene rings is 1. The number of fused-ring (bicyclic) bond motifs is 2. The molecule has 0 radical (unpaired) electrons. The van der Waals surface area contributed by atoms with Crippen molar-refractivity contribution >= 4 is 56.5 Å². The van der Waals surface area contributed by atoms with Gasteiger partial charge in [0, 0.05) is 21.8 Å². The Morgan fingerprint density at radius 2 is 1.80 bits per heavy atom. The Morgan fingerprint density at radius 1 is 1.02 bits per heavy atom. The number of hydrogen-bond acceptors (Lipinski definition) is 5. The van der Waals surface area contributed by atoms with Crippen LogP contribution in [0, 0.1) is 11.3 Å². The van der Waals surface area contributed by atoms with Gasteiger partial charge in [-0.15, -0.1) is 11.3 Å². The Labute approximate surface area is 273 Å². The van der Waals surface area contributed by atoms with Crippen LogP contribution in [-0.2, 0) is 19.4 Å². The predicted molar refractivity (Wildman–Crippen MR) is 187 cm³/mol. The first-order chi connectivity index (χ1) is 21.7. The van der Waals surface area contributed by atoms with Crippen molar-refractivity contribution in [3.05, 3.63) is 117 Å². The quantitative estimate of drug-likeness (QED) is 0.172. The Bertz CT molecular complexity index is 1870. The Balaban J connectivity index is 1.26. The number of carbonyl (C=O) groups excluding carboxylic acids is 1. The number of aliphatic imine (C=N–C) groups is 1. The topological polar surface area (TPSA) is 59.9 Å². The first-order valence-electron chi connectivity index (χ1n) is 15.2. The maximum Gasteiger partial charge on any atom is 0.259 e. The molecule has 0 bridgehead atoms. The van der Waals surface area contributed by atoms with Crippen molar-refractivity contribution in [1.29, 1.82) is 0 Å². The van der Waals surface area contributed by atoms with Crippen LogP contribution in [0.1, 0.15) is 59.1 Å². The summed E-state index contributed by atoms with van der Waals surface area (Å²) in [6.45, 7) is 7.32. The van der Waals surface area contributed by atoms with E-state index in [0.29, 0.717) is 40.3 Å². The molecule has 230 valence electrons. The highest BCUT2D eigenvalue weighted by molar-refractivity contribution is 7.16. The van der Waals surface area contributed by atoms with Crippen molar-refractivity contribution in [3.63, 3.8) is 0 Å². The van der Waals surface area contributed by atoms with Crippen molar-refractivity contribution in [3.8, 4) is 11.5 Å². The number of nitrogens with zero attached hydrogens (tertiary/aromatic N) is 1. The Morgan fingerprint density at radius 3 is 2.58 bits per heavy atom. The summed E-state index contributed by atoms with van der Waals surface area (Å²) in [6.07, 6.45) is 4.67. The van der Waals surface area contributed by atoms with Gasteiger partial charge in [0.15, 0.2) is 11.5 Å². The summed E-state index contributed by atoms with van der Waals surface area (Å²) in [4.78, 5) is 19.9. The standard InChI is InChI=1S/C38H37ClN2O3S/c1-38(2,3)27-13-18-31-34(21-27)45-37(35(31)36(42)41-29-16-14-28(39)15-17-29)40-22-24-12-19-32(33(20-24)43-4)44-23-26-10-7-9-25-8-5-6-11-30(25)26/h5-12,14-17,19-20,22,27H,13,18,21,23H2,1-4H3,(H,41,42)/t27-/m0/s1.